The molecular weight excluding hydrogens is 317 g/mol. The van der Waals surface area contributed by atoms with Crippen molar-refractivity contribution in [1.82, 2.24) is 14.9 Å². The van der Waals surface area contributed by atoms with E-state index in [4.69, 9.17) is 23.2 Å². The van der Waals surface area contributed by atoms with Crippen LogP contribution in [-0.4, -0.2) is 9.55 Å². The van der Waals surface area contributed by atoms with Crippen LogP contribution >= 0.6 is 23.2 Å². The van der Waals surface area contributed by atoms with Crippen LogP contribution in [0.2, 0.25) is 10.0 Å². The molecule has 3 aromatic rings. The Balaban J connectivity index is 1.87. The van der Waals surface area contributed by atoms with Crippen molar-refractivity contribution in [3.05, 3.63) is 81.9 Å². The molecule has 0 saturated carbocycles. The topological polar surface area (TPSA) is 29.9 Å². The maximum atomic E-state index is 6.38. The number of nitrogens with zero attached hydrogens (tertiary/aromatic N) is 2. The maximum Gasteiger partial charge on any atom is 0.0911 e. The third-order valence-corrected chi connectivity index (χ3v) is 4.54. The van der Waals surface area contributed by atoms with Gasteiger partial charge in [-0.1, -0.05) is 29.3 Å². The summed E-state index contributed by atoms with van der Waals surface area (Å²) in [6.45, 7) is 0.686. The molecule has 0 saturated heterocycles. The van der Waals surface area contributed by atoms with Gasteiger partial charge in [-0.05, 0) is 36.4 Å². The van der Waals surface area contributed by atoms with Crippen LogP contribution in [0.3, 0.4) is 0 Å². The van der Waals surface area contributed by atoms with E-state index in [0.29, 0.717) is 11.6 Å². The molecule has 3 heterocycles. The predicted molar refractivity (Wildman–Crippen MR) is 88.7 cm³/mol. The SMILES string of the molecule is Clc1ccc(C2NCc3c(Cl)cccc3-n3cccc32)nc1. The van der Waals surface area contributed by atoms with Gasteiger partial charge in [0.2, 0.25) is 0 Å². The molecule has 0 bridgehead atoms. The lowest BCUT2D eigenvalue weighted by atomic mass is 10.1. The van der Waals surface area contributed by atoms with Crippen LogP contribution in [0.5, 0.6) is 0 Å². The monoisotopic (exact) mass is 329 g/mol. The van der Waals surface area contributed by atoms with Crippen molar-refractivity contribution in [2.45, 2.75) is 12.6 Å². The van der Waals surface area contributed by atoms with E-state index in [-0.39, 0.29) is 6.04 Å². The standard InChI is InChI=1S/C17H13Cl2N3/c18-11-6-7-14(20-9-11)17-16-5-2-8-22(16)15-4-1-3-13(19)12(15)10-21-17/h1-9,17,21H,10H2. The van der Waals surface area contributed by atoms with E-state index in [2.05, 4.69) is 33.2 Å². The summed E-state index contributed by atoms with van der Waals surface area (Å²) in [7, 11) is 0. The molecule has 1 unspecified atom stereocenters. The minimum Gasteiger partial charge on any atom is -0.319 e. The van der Waals surface area contributed by atoms with Crippen molar-refractivity contribution in [1.29, 1.82) is 0 Å². The molecule has 1 aliphatic rings. The zero-order valence-corrected chi connectivity index (χ0v) is 13.1. The highest BCUT2D eigenvalue weighted by atomic mass is 35.5. The van der Waals surface area contributed by atoms with Gasteiger partial charge >= 0.3 is 0 Å². The summed E-state index contributed by atoms with van der Waals surface area (Å²) < 4.78 is 2.17. The fourth-order valence-corrected chi connectivity index (χ4v) is 3.27. The lowest BCUT2D eigenvalue weighted by Crippen LogP contribution is -2.22. The Morgan fingerprint density at radius 1 is 1.09 bits per heavy atom. The summed E-state index contributed by atoms with van der Waals surface area (Å²) >= 11 is 12.3. The van der Waals surface area contributed by atoms with Crippen molar-refractivity contribution >= 4 is 23.2 Å². The zero-order valence-electron chi connectivity index (χ0n) is 11.6. The number of pyridine rings is 1. The first-order chi connectivity index (χ1) is 10.7. The molecule has 110 valence electrons. The van der Waals surface area contributed by atoms with E-state index >= 15 is 0 Å². The van der Waals surface area contributed by atoms with Gasteiger partial charge < -0.3 is 4.57 Å². The number of nitrogens with one attached hydrogen (secondary N) is 1. The van der Waals surface area contributed by atoms with Crippen LogP contribution in [0.25, 0.3) is 5.69 Å². The lowest BCUT2D eigenvalue weighted by Gasteiger charge is -2.17. The van der Waals surface area contributed by atoms with Crippen molar-refractivity contribution < 1.29 is 0 Å². The smallest absolute Gasteiger partial charge is 0.0911 e. The molecule has 1 N–H and O–H groups in total. The van der Waals surface area contributed by atoms with Crippen LogP contribution in [-0.2, 0) is 6.54 Å². The highest BCUT2D eigenvalue weighted by Crippen LogP contribution is 2.32. The van der Waals surface area contributed by atoms with Crippen LogP contribution in [0.1, 0.15) is 23.0 Å². The van der Waals surface area contributed by atoms with Crippen molar-refractivity contribution in [2.75, 3.05) is 0 Å². The van der Waals surface area contributed by atoms with Crippen LogP contribution < -0.4 is 5.32 Å². The number of halogens is 2. The molecule has 0 amide bonds. The van der Waals surface area contributed by atoms with Crippen LogP contribution in [0.4, 0.5) is 0 Å². The highest BCUT2D eigenvalue weighted by Gasteiger charge is 2.24. The number of fused-ring (bicyclic) bond motifs is 3. The van der Waals surface area contributed by atoms with Gasteiger partial charge in [-0.3, -0.25) is 10.3 Å². The quantitative estimate of drug-likeness (QED) is 0.718. The average Bonchev–Trinajstić information content (AvgIpc) is 2.94. The molecule has 0 fully saturated rings. The summed E-state index contributed by atoms with van der Waals surface area (Å²) in [6.07, 6.45) is 3.73. The largest absolute Gasteiger partial charge is 0.319 e. The first-order valence-corrected chi connectivity index (χ1v) is 7.79. The fourth-order valence-electron chi connectivity index (χ4n) is 2.92. The summed E-state index contributed by atoms with van der Waals surface area (Å²) in [5, 5.41) is 4.96. The van der Waals surface area contributed by atoms with Gasteiger partial charge in [0.1, 0.15) is 0 Å². The van der Waals surface area contributed by atoms with E-state index in [9.17, 15) is 0 Å². The number of rotatable bonds is 1. The Morgan fingerprint density at radius 2 is 2.00 bits per heavy atom. The maximum absolute atomic E-state index is 6.38. The third-order valence-electron chi connectivity index (χ3n) is 3.96. The number of hydrogen-bond acceptors (Lipinski definition) is 2. The number of hydrogen-bond donors (Lipinski definition) is 1. The van der Waals surface area contributed by atoms with Crippen molar-refractivity contribution in [3.8, 4) is 5.69 Å². The van der Waals surface area contributed by atoms with Gasteiger partial charge in [0.05, 0.1) is 22.4 Å². The predicted octanol–water partition coefficient (Wildman–Crippen LogP) is 4.37. The van der Waals surface area contributed by atoms with Crippen LogP contribution in [0.15, 0.2) is 54.9 Å². The molecule has 2 aromatic heterocycles. The highest BCUT2D eigenvalue weighted by molar-refractivity contribution is 6.31. The van der Waals surface area contributed by atoms with Gasteiger partial charge in [0.25, 0.3) is 0 Å². The summed E-state index contributed by atoms with van der Waals surface area (Å²) in [4.78, 5) is 4.47. The molecule has 0 aliphatic carbocycles. The van der Waals surface area contributed by atoms with Crippen LogP contribution in [0, 0.1) is 0 Å². The van der Waals surface area contributed by atoms with E-state index in [0.717, 1.165) is 27.7 Å². The van der Waals surface area contributed by atoms with Gasteiger partial charge in [-0.15, -0.1) is 0 Å². The van der Waals surface area contributed by atoms with Gasteiger partial charge in [-0.25, -0.2) is 0 Å². The summed E-state index contributed by atoms with van der Waals surface area (Å²) in [5.74, 6) is 0. The first-order valence-electron chi connectivity index (χ1n) is 7.04. The van der Waals surface area contributed by atoms with Gasteiger partial charge in [0.15, 0.2) is 0 Å². The molecule has 1 atom stereocenters. The first kappa shape index (κ1) is 13.8. The molecule has 22 heavy (non-hydrogen) atoms. The molecule has 1 aliphatic heterocycles. The fraction of sp³-hybridized carbons (Fsp3) is 0.118. The molecule has 3 nitrogen and oxygen atoms in total. The third kappa shape index (κ3) is 2.22. The van der Waals surface area contributed by atoms with Gasteiger partial charge in [0, 0.05) is 35.2 Å². The minimum absolute atomic E-state index is 0.00395. The number of aromatic nitrogens is 2. The van der Waals surface area contributed by atoms with Gasteiger partial charge in [-0.2, -0.15) is 0 Å². The summed E-state index contributed by atoms with van der Waals surface area (Å²) in [5.41, 5.74) is 4.28. The summed E-state index contributed by atoms with van der Waals surface area (Å²) in [6, 6.07) is 13.9. The van der Waals surface area contributed by atoms with Crippen molar-refractivity contribution in [2.24, 2.45) is 0 Å². The molecular formula is C17H13Cl2N3. The molecule has 4 rings (SSSR count). The molecule has 0 radical (unpaired) electrons. The second kappa shape index (κ2) is 5.43. The second-order valence-corrected chi connectivity index (χ2v) is 6.10. The normalized spacial score (nSPS) is 16.7. The molecule has 0 spiro atoms. The minimum atomic E-state index is -0.00395. The van der Waals surface area contributed by atoms with E-state index in [1.165, 1.54) is 0 Å². The Bertz CT molecular complexity index is 824. The molecule has 5 heteroatoms. The van der Waals surface area contributed by atoms with E-state index in [1.54, 1.807) is 6.20 Å². The lowest BCUT2D eigenvalue weighted by molar-refractivity contribution is 0.587. The van der Waals surface area contributed by atoms with Crippen molar-refractivity contribution in [3.63, 3.8) is 0 Å². The second-order valence-electron chi connectivity index (χ2n) is 5.26. The number of benzene rings is 1. The Hall–Kier alpha value is -1.81. The average molecular weight is 330 g/mol. The Kier molecular flexibility index (Phi) is 3.41. The Labute approximate surface area is 138 Å². The van der Waals surface area contributed by atoms with E-state index < -0.39 is 0 Å². The molecule has 1 aromatic carbocycles. The van der Waals surface area contributed by atoms with E-state index in [1.807, 2.05) is 30.3 Å². The zero-order chi connectivity index (χ0) is 15.1. The Morgan fingerprint density at radius 3 is 2.82 bits per heavy atom.